The zero-order valence-corrected chi connectivity index (χ0v) is 22.8. The van der Waals surface area contributed by atoms with Crippen molar-refractivity contribution in [3.05, 3.63) is 115 Å². The number of benzene rings is 3. The van der Waals surface area contributed by atoms with Crippen LogP contribution in [-0.4, -0.2) is 13.1 Å². The highest BCUT2D eigenvalue weighted by Gasteiger charge is 2.32. The fourth-order valence-electron chi connectivity index (χ4n) is 4.17. The lowest BCUT2D eigenvalue weighted by Gasteiger charge is -2.27. The van der Waals surface area contributed by atoms with Gasteiger partial charge in [-0.1, -0.05) is 47.5 Å². The molecule has 0 aliphatic carbocycles. The predicted molar refractivity (Wildman–Crippen MR) is 149 cm³/mol. The fourth-order valence-corrected chi connectivity index (χ4v) is 5.23. The van der Waals surface area contributed by atoms with Crippen LogP contribution in [0, 0.1) is 11.3 Å². The molecule has 2 N–H and O–H groups in total. The number of carbonyl (C=O) groups is 1. The van der Waals surface area contributed by atoms with Gasteiger partial charge in [0.15, 0.2) is 11.5 Å². The van der Waals surface area contributed by atoms with E-state index in [9.17, 15) is 10.1 Å². The van der Waals surface area contributed by atoms with Gasteiger partial charge in [0.1, 0.15) is 34.6 Å². The molecule has 3 aromatic carbocycles. The number of thiophene rings is 1. The van der Waals surface area contributed by atoms with Crippen LogP contribution in [0.4, 0.5) is 0 Å². The third-order valence-electron chi connectivity index (χ3n) is 6.04. The Labute approximate surface area is 238 Å². The van der Waals surface area contributed by atoms with Gasteiger partial charge in [-0.05, 0) is 47.3 Å². The molecule has 5 rings (SSSR count). The second-order valence-corrected chi connectivity index (χ2v) is 10.2. The first kappa shape index (κ1) is 26.4. The van der Waals surface area contributed by atoms with Crippen LogP contribution in [0.1, 0.15) is 32.3 Å². The van der Waals surface area contributed by atoms with Crippen LogP contribution in [0.15, 0.2) is 83.6 Å². The standard InChI is InChI=1S/C29H20Cl2N2O5S/c1-35-25-11-16(5-9-23(25)36-15-17-4-6-18(30)12-22(17)31)27-20-8-7-19(37-29(34)26-3-2-10-39-26)13-24(20)38-28(33)21(27)14-32/h2-13,27H,15,33H2,1H3. The number of halogens is 2. The second kappa shape index (κ2) is 11.3. The molecule has 0 amide bonds. The van der Waals surface area contributed by atoms with Crippen LogP contribution in [-0.2, 0) is 6.61 Å². The zero-order chi connectivity index (χ0) is 27.5. The molecular formula is C29H20Cl2N2O5S. The lowest BCUT2D eigenvalue weighted by atomic mass is 9.83. The summed E-state index contributed by atoms with van der Waals surface area (Å²) in [6.07, 6.45) is 0. The number of rotatable bonds is 7. The lowest BCUT2D eigenvalue weighted by Crippen LogP contribution is -2.21. The molecule has 39 heavy (non-hydrogen) atoms. The zero-order valence-electron chi connectivity index (χ0n) is 20.4. The Morgan fingerprint density at radius 2 is 1.95 bits per heavy atom. The van der Waals surface area contributed by atoms with Gasteiger partial charge in [-0.2, -0.15) is 5.26 Å². The van der Waals surface area contributed by atoms with E-state index in [1.54, 1.807) is 66.0 Å². The number of nitriles is 1. The van der Waals surface area contributed by atoms with E-state index in [-0.39, 0.29) is 18.1 Å². The van der Waals surface area contributed by atoms with Crippen LogP contribution in [0.25, 0.3) is 0 Å². The number of allylic oxidation sites excluding steroid dienone is 1. The molecule has 4 aromatic rings. The minimum absolute atomic E-state index is 0.0339. The fraction of sp³-hybridized carbons (Fsp3) is 0.103. The lowest BCUT2D eigenvalue weighted by molar-refractivity contribution is 0.0739. The SMILES string of the molecule is COc1cc(C2C(C#N)=C(N)Oc3cc(OC(=O)c4cccs4)ccc32)ccc1OCc1ccc(Cl)cc1Cl. The van der Waals surface area contributed by atoms with Crippen molar-refractivity contribution in [1.82, 2.24) is 0 Å². The Morgan fingerprint density at radius 3 is 2.67 bits per heavy atom. The number of nitrogens with two attached hydrogens (primary N) is 1. The van der Waals surface area contributed by atoms with E-state index in [4.69, 9.17) is 47.9 Å². The molecule has 1 unspecified atom stereocenters. The molecule has 0 bridgehead atoms. The summed E-state index contributed by atoms with van der Waals surface area (Å²) in [4.78, 5) is 12.9. The molecule has 0 fully saturated rings. The van der Waals surface area contributed by atoms with Gasteiger partial charge in [0.2, 0.25) is 5.88 Å². The summed E-state index contributed by atoms with van der Waals surface area (Å²) in [7, 11) is 1.53. The molecule has 1 aliphatic heterocycles. The average molecular weight is 579 g/mol. The van der Waals surface area contributed by atoms with Crippen molar-refractivity contribution in [2.45, 2.75) is 12.5 Å². The van der Waals surface area contributed by atoms with Gasteiger partial charge in [0.25, 0.3) is 0 Å². The molecule has 0 saturated heterocycles. The van der Waals surface area contributed by atoms with Crippen molar-refractivity contribution in [3.63, 3.8) is 0 Å². The maximum atomic E-state index is 12.4. The van der Waals surface area contributed by atoms with Crippen molar-refractivity contribution in [1.29, 1.82) is 5.26 Å². The molecule has 7 nitrogen and oxygen atoms in total. The van der Waals surface area contributed by atoms with Crippen molar-refractivity contribution in [2.75, 3.05) is 7.11 Å². The number of fused-ring (bicyclic) bond motifs is 1. The van der Waals surface area contributed by atoms with E-state index in [1.807, 2.05) is 6.07 Å². The Balaban J connectivity index is 1.44. The first-order valence-corrected chi connectivity index (χ1v) is 13.2. The van der Waals surface area contributed by atoms with Crippen molar-refractivity contribution < 1.29 is 23.7 Å². The summed E-state index contributed by atoms with van der Waals surface area (Å²) in [5.41, 5.74) is 8.57. The highest BCUT2D eigenvalue weighted by Crippen LogP contribution is 2.45. The third kappa shape index (κ3) is 5.52. The Bertz CT molecular complexity index is 1630. The summed E-state index contributed by atoms with van der Waals surface area (Å²) in [5, 5.41) is 12.8. The second-order valence-electron chi connectivity index (χ2n) is 8.43. The van der Waals surface area contributed by atoms with Gasteiger partial charge in [-0.25, -0.2) is 4.79 Å². The minimum Gasteiger partial charge on any atom is -0.493 e. The summed E-state index contributed by atoms with van der Waals surface area (Å²) < 4.78 is 22.8. The van der Waals surface area contributed by atoms with Crippen LogP contribution in [0.2, 0.25) is 10.0 Å². The van der Waals surface area contributed by atoms with Gasteiger partial charge in [0.05, 0.1) is 13.0 Å². The Hall–Kier alpha value is -4.16. The van der Waals surface area contributed by atoms with Gasteiger partial charge in [-0.15, -0.1) is 11.3 Å². The van der Waals surface area contributed by atoms with Crippen LogP contribution in [0.5, 0.6) is 23.0 Å². The molecular weight excluding hydrogens is 559 g/mol. The number of ether oxygens (including phenoxy) is 4. The summed E-state index contributed by atoms with van der Waals surface area (Å²) in [6.45, 7) is 0.203. The van der Waals surface area contributed by atoms with E-state index in [1.165, 1.54) is 18.4 Å². The average Bonchev–Trinajstić information content (AvgIpc) is 3.47. The minimum atomic E-state index is -0.547. The van der Waals surface area contributed by atoms with Crippen LogP contribution >= 0.6 is 34.5 Å². The predicted octanol–water partition coefficient (Wildman–Crippen LogP) is 7.08. The Morgan fingerprint density at radius 1 is 1.10 bits per heavy atom. The van der Waals surface area contributed by atoms with Crippen molar-refractivity contribution in [3.8, 4) is 29.1 Å². The molecule has 196 valence electrons. The number of methoxy groups -OCH3 is 1. The number of nitrogens with zero attached hydrogens (tertiary/aromatic N) is 1. The van der Waals surface area contributed by atoms with E-state index in [0.29, 0.717) is 43.5 Å². The molecule has 0 radical (unpaired) electrons. The van der Waals surface area contributed by atoms with Gasteiger partial charge in [-0.3, -0.25) is 0 Å². The van der Waals surface area contributed by atoms with Crippen molar-refractivity contribution >= 4 is 40.5 Å². The summed E-state index contributed by atoms with van der Waals surface area (Å²) >= 11 is 13.5. The molecule has 1 aromatic heterocycles. The van der Waals surface area contributed by atoms with Crippen LogP contribution in [0.3, 0.4) is 0 Å². The first-order chi connectivity index (χ1) is 18.9. The molecule has 1 atom stereocenters. The quantitative estimate of drug-likeness (QED) is 0.184. The molecule has 10 heteroatoms. The third-order valence-corrected chi connectivity index (χ3v) is 7.48. The van der Waals surface area contributed by atoms with Crippen molar-refractivity contribution in [2.24, 2.45) is 5.73 Å². The van der Waals surface area contributed by atoms with E-state index in [2.05, 4.69) is 6.07 Å². The number of hydrogen-bond donors (Lipinski definition) is 1. The van der Waals surface area contributed by atoms with E-state index >= 15 is 0 Å². The first-order valence-electron chi connectivity index (χ1n) is 11.6. The molecule has 0 saturated carbocycles. The smallest absolute Gasteiger partial charge is 0.353 e. The number of hydrogen-bond acceptors (Lipinski definition) is 8. The van der Waals surface area contributed by atoms with E-state index < -0.39 is 11.9 Å². The number of carbonyl (C=O) groups excluding carboxylic acids is 1. The summed E-state index contributed by atoms with van der Waals surface area (Å²) in [6, 6.07) is 21.2. The topological polar surface area (TPSA) is 104 Å². The molecule has 2 heterocycles. The monoisotopic (exact) mass is 578 g/mol. The van der Waals surface area contributed by atoms with Crippen LogP contribution < -0.4 is 24.7 Å². The molecule has 1 aliphatic rings. The number of esters is 1. The largest absolute Gasteiger partial charge is 0.493 e. The maximum absolute atomic E-state index is 12.4. The normalized spacial score (nSPS) is 14.2. The molecule has 0 spiro atoms. The highest BCUT2D eigenvalue weighted by molar-refractivity contribution is 7.12. The van der Waals surface area contributed by atoms with E-state index in [0.717, 1.165) is 11.1 Å². The highest BCUT2D eigenvalue weighted by atomic mass is 35.5. The Kier molecular flexibility index (Phi) is 7.66. The van der Waals surface area contributed by atoms with Gasteiger partial charge >= 0.3 is 5.97 Å². The van der Waals surface area contributed by atoms with Gasteiger partial charge in [0, 0.05) is 27.2 Å². The van der Waals surface area contributed by atoms with Gasteiger partial charge < -0.3 is 24.7 Å². The summed E-state index contributed by atoms with van der Waals surface area (Å²) in [5.74, 6) is 0.571. The maximum Gasteiger partial charge on any atom is 0.353 e.